The fourth-order valence-electron chi connectivity index (χ4n) is 13.3. The van der Waals surface area contributed by atoms with Crippen LogP contribution in [-0.2, 0) is 99.5 Å². The molecule has 13 aromatic heterocycles. The van der Waals surface area contributed by atoms with Crippen molar-refractivity contribution in [1.29, 1.82) is 0 Å². The number of aryl methyl sites for hydroxylation is 1. The number of hydrogen-bond donors (Lipinski definition) is 0. The Morgan fingerprint density at radius 1 is 0.252 bits per heavy atom. The smallest absolute Gasteiger partial charge is 0.304 e. The first-order valence-electron chi connectivity index (χ1n) is 37.7. The molecule has 4 aromatic carbocycles. The molecular formula is C97H55F17IrN13Pt3-. The van der Waals surface area contributed by atoms with E-state index in [0.717, 1.165) is 113 Å². The zero-order valence-corrected chi connectivity index (χ0v) is 76.8. The number of rotatable bonds is 16. The standard InChI is InChI=1S/C33H16F6N4.C23H12F6N4.C23H14F4N4.C18H13FN.Ir.3Pt/c34-21-15-25(23-11-13-29(36)42-31(23)38)40-27(17-21)33(19-7-3-1-4-8-19,20-9-5-2-6-10-20)28-18-22(35)16-26(41-28)24-12-14-30(37)43-32(24)39;1-23(2,17-9-11(24)7-15(30-17)13-3-5-19(26)32-21(13)28)18-10-12(25)8-16(31-18)14-4-6-20(27)33-22(14)29;1-23(2,17-7-3-5-15(28-17)13-9-11-19(24)30-21(13)26)18-8-4-6-16(29-18)14-10-12-20(25)31-22(14)27;1-13-8-9-18(20-12-13)16-6-2-4-14(10-16)15-5-3-7-17(19)11-15;;;;/h1-10,13-18H;5-10H,1-2H3;3-8,11-12H,1-2H3;2-5,7-12H,1H3;;;;/q3*-2;-1;;3*+2. The van der Waals surface area contributed by atoms with Gasteiger partial charge in [0.25, 0.3) is 0 Å². The van der Waals surface area contributed by atoms with Gasteiger partial charge in [0.2, 0.25) is 0 Å². The van der Waals surface area contributed by atoms with E-state index in [9.17, 15) is 65.9 Å². The summed E-state index contributed by atoms with van der Waals surface area (Å²) in [6, 6.07) is 73.8. The minimum Gasteiger partial charge on any atom is -0.304 e. The van der Waals surface area contributed by atoms with Gasteiger partial charge in [-0.1, -0.05) is 179 Å². The third kappa shape index (κ3) is 23.2. The number of pyridine rings is 13. The van der Waals surface area contributed by atoms with Gasteiger partial charge in [-0.05, 0) is 170 Å². The van der Waals surface area contributed by atoms with Crippen LogP contribution < -0.4 is 0 Å². The first-order chi connectivity index (χ1) is 60.8. The number of aromatic nitrogens is 13. The van der Waals surface area contributed by atoms with Crippen LogP contribution in [0.4, 0.5) is 74.6 Å². The molecule has 0 amide bonds. The van der Waals surface area contributed by atoms with Crippen molar-refractivity contribution in [2.45, 2.75) is 50.9 Å². The Kier molecular flexibility index (Phi) is 33.3. The van der Waals surface area contributed by atoms with Gasteiger partial charge in [-0.15, -0.1) is 71.8 Å². The number of benzene rings is 4. The summed E-state index contributed by atoms with van der Waals surface area (Å²) in [4.78, 5) is 49.7. The molecule has 13 heterocycles. The largest absolute Gasteiger partial charge is 2.00 e. The molecule has 17 rings (SSSR count). The Labute approximate surface area is 794 Å². The molecule has 0 atom stereocenters. The maximum Gasteiger partial charge on any atom is 2.00 e. The van der Waals surface area contributed by atoms with Crippen molar-refractivity contribution in [3.63, 3.8) is 0 Å². The molecule has 0 fully saturated rings. The van der Waals surface area contributed by atoms with Gasteiger partial charge < -0.3 is 15.0 Å². The van der Waals surface area contributed by atoms with Gasteiger partial charge in [-0.2, -0.15) is 0 Å². The molecule has 0 aliphatic rings. The molecule has 34 heteroatoms. The molecule has 0 bridgehead atoms. The monoisotopic (exact) mass is 2500 g/mol. The summed E-state index contributed by atoms with van der Waals surface area (Å²) >= 11 is 0. The van der Waals surface area contributed by atoms with Crippen LogP contribution in [0.1, 0.15) is 78.5 Å². The average Bonchev–Trinajstić information content (AvgIpc) is 0.724. The van der Waals surface area contributed by atoms with Crippen LogP contribution >= 0.6 is 0 Å². The molecule has 0 saturated carbocycles. The molecule has 1 radical (unpaired) electrons. The van der Waals surface area contributed by atoms with Crippen LogP contribution in [-0.4, -0.2) is 64.8 Å². The minimum absolute atomic E-state index is 0. The number of nitrogens with zero attached hydrogens (tertiary/aromatic N) is 13. The fraction of sp³-hybridized carbons (Fsp3) is 0.0825. The van der Waals surface area contributed by atoms with Gasteiger partial charge in [0.1, 0.15) is 106 Å². The topological polar surface area (TPSA) is 168 Å². The molecule has 131 heavy (non-hydrogen) atoms. The maximum absolute atomic E-state index is 15.5. The molecule has 0 aliphatic carbocycles. The summed E-state index contributed by atoms with van der Waals surface area (Å²) in [5.74, 6) is -17.0. The van der Waals surface area contributed by atoms with Gasteiger partial charge in [0, 0.05) is 59.9 Å². The molecular weight excluding hydrogens is 2450 g/mol. The van der Waals surface area contributed by atoms with Gasteiger partial charge >= 0.3 is 63.2 Å². The van der Waals surface area contributed by atoms with Gasteiger partial charge in [-0.3, -0.25) is 49.8 Å². The van der Waals surface area contributed by atoms with E-state index in [1.165, 1.54) is 26.0 Å². The quantitative estimate of drug-likeness (QED) is 0.0510. The van der Waals surface area contributed by atoms with Crippen LogP contribution in [0.25, 0.3) is 89.9 Å². The Morgan fingerprint density at radius 2 is 0.557 bits per heavy atom. The zero-order chi connectivity index (χ0) is 90.2. The summed E-state index contributed by atoms with van der Waals surface area (Å²) < 4.78 is 239. The van der Waals surface area contributed by atoms with Crippen molar-refractivity contribution < 1.29 is 158 Å². The SMILES string of the molecule is CC(C)(c1cc(F)cc(-c2[c-]cc(F)nc2F)n1)c1cc(F)cc(-c2[c-]cc(F)nc2F)n1.CC(C)(c1cccc(-c2[c-]cc(F)nc2F)n1)c1cccc(-c2[c-]cc(F)nc2F)n1.Cc1ccc(-c2[c-]ccc(-c3cccc(F)c3)c2)nc1.Fc1cc(-c2[c-]cc(F)nc2F)nc(C(c2ccccc2)(c2ccccc2)c2cc(F)cc(-c3[c-]cc(F)nc3F)n2)c1.[Ir].[Pt+2].[Pt+2].[Pt+2]. The van der Waals surface area contributed by atoms with Gasteiger partial charge in [0.05, 0.1) is 11.4 Å². The first-order valence-corrected chi connectivity index (χ1v) is 37.7. The van der Waals surface area contributed by atoms with E-state index in [2.05, 4.69) is 107 Å². The summed E-state index contributed by atoms with van der Waals surface area (Å²) in [6.07, 6.45) is 1.83. The normalized spacial score (nSPS) is 11.0. The summed E-state index contributed by atoms with van der Waals surface area (Å²) in [7, 11) is 0. The second kappa shape index (κ2) is 43.4. The predicted molar refractivity (Wildman–Crippen MR) is 432 cm³/mol. The summed E-state index contributed by atoms with van der Waals surface area (Å²) in [5.41, 5.74) is 0.641. The van der Waals surface area contributed by atoms with Gasteiger partial charge in [0.15, 0.2) is 0 Å². The molecule has 0 spiro atoms. The van der Waals surface area contributed by atoms with E-state index in [4.69, 9.17) is 0 Å². The minimum atomic E-state index is -1.69. The second-order valence-corrected chi connectivity index (χ2v) is 28.8. The van der Waals surface area contributed by atoms with Crippen LogP contribution in [0.15, 0.2) is 243 Å². The van der Waals surface area contributed by atoms with Crippen molar-refractivity contribution in [1.82, 2.24) is 64.8 Å². The second-order valence-electron chi connectivity index (χ2n) is 28.8. The maximum atomic E-state index is 15.5. The average molecular weight is 2500 g/mol. The Balaban J connectivity index is 0.000000185. The van der Waals surface area contributed by atoms with Crippen LogP contribution in [0.5, 0.6) is 0 Å². The first kappa shape index (κ1) is 100. The number of halogens is 17. The Bertz CT molecular complexity index is 6630. The van der Waals surface area contributed by atoms with E-state index in [0.29, 0.717) is 22.5 Å². The van der Waals surface area contributed by atoms with Crippen molar-refractivity contribution in [2.75, 3.05) is 0 Å². The molecule has 0 saturated heterocycles. The van der Waals surface area contributed by atoms with E-state index in [-0.39, 0.29) is 168 Å². The zero-order valence-electron chi connectivity index (χ0n) is 67.6. The molecule has 0 N–H and O–H groups in total. The Morgan fingerprint density at radius 3 is 0.885 bits per heavy atom. The van der Waals surface area contributed by atoms with Crippen LogP contribution in [0.2, 0.25) is 0 Å². The molecule has 0 aliphatic heterocycles. The van der Waals surface area contributed by atoms with Crippen LogP contribution in [0.3, 0.4) is 0 Å². The van der Waals surface area contributed by atoms with E-state index >= 15 is 8.78 Å². The predicted octanol–water partition coefficient (Wildman–Crippen LogP) is 22.5. The van der Waals surface area contributed by atoms with Crippen molar-refractivity contribution in [3.8, 4) is 89.9 Å². The molecule has 0 unspecified atom stereocenters. The molecule has 17 aromatic rings. The summed E-state index contributed by atoms with van der Waals surface area (Å²) in [5, 5.41) is 0. The van der Waals surface area contributed by atoms with Crippen molar-refractivity contribution in [2.24, 2.45) is 0 Å². The molecule has 13 nitrogen and oxygen atoms in total. The summed E-state index contributed by atoms with van der Waals surface area (Å²) in [6.45, 7) is 8.77. The molecule has 667 valence electrons. The van der Waals surface area contributed by atoms with E-state index in [1.54, 1.807) is 103 Å². The van der Waals surface area contributed by atoms with Crippen LogP contribution in [0, 0.1) is 150 Å². The number of hydrogen-bond acceptors (Lipinski definition) is 13. The Hall–Kier alpha value is -12.6. The third-order valence-electron chi connectivity index (χ3n) is 19.6. The van der Waals surface area contributed by atoms with E-state index in [1.807, 2.05) is 63.4 Å². The van der Waals surface area contributed by atoms with Crippen molar-refractivity contribution in [3.05, 3.63) is 437 Å². The third-order valence-corrected chi connectivity index (χ3v) is 19.6. The van der Waals surface area contributed by atoms with Gasteiger partial charge in [-0.25, -0.2) is 74.6 Å². The van der Waals surface area contributed by atoms with Crippen molar-refractivity contribution >= 4 is 0 Å². The fourth-order valence-corrected chi connectivity index (χ4v) is 13.3. The van der Waals surface area contributed by atoms with E-state index < -0.39 is 122 Å².